The van der Waals surface area contributed by atoms with Gasteiger partial charge in [-0.2, -0.15) is 0 Å². The van der Waals surface area contributed by atoms with Crippen LogP contribution in [0.4, 0.5) is 0 Å². The van der Waals surface area contributed by atoms with Crippen LogP contribution in [0.1, 0.15) is 75.5 Å². The van der Waals surface area contributed by atoms with Gasteiger partial charge in [0.1, 0.15) is 0 Å². The minimum atomic E-state index is -0.507. The lowest BCUT2D eigenvalue weighted by atomic mass is 9.97. The monoisotopic (exact) mass is 388 g/mol. The van der Waals surface area contributed by atoms with E-state index in [4.69, 9.17) is 4.74 Å². The Balaban J connectivity index is 1.81. The number of rotatable bonds is 7. The summed E-state index contributed by atoms with van der Waals surface area (Å²) in [4.78, 5) is 35.8. The molecule has 2 N–H and O–H groups in total. The number of carbonyl (C=O) groups is 3. The number of amides is 2. The predicted octanol–water partition coefficient (Wildman–Crippen LogP) is 3.33. The van der Waals surface area contributed by atoms with Gasteiger partial charge < -0.3 is 15.4 Å². The molecule has 0 spiro atoms. The molecule has 0 bridgehead atoms. The van der Waals surface area contributed by atoms with Gasteiger partial charge in [-0.1, -0.05) is 61.9 Å². The average molecular weight is 389 g/mol. The van der Waals surface area contributed by atoms with Crippen LogP contribution < -0.4 is 10.6 Å². The molecule has 6 heteroatoms. The number of benzene rings is 1. The zero-order chi connectivity index (χ0) is 20.4. The third kappa shape index (κ3) is 8.11. The fraction of sp³-hybridized carbons (Fsp3) is 0.591. The SMILES string of the molecule is CC(=O)NC(CC(=O)OCC(=O)NC1CCCCCCC1)c1ccc(C)cc1. The van der Waals surface area contributed by atoms with Crippen LogP contribution >= 0.6 is 0 Å². The molecule has 0 saturated heterocycles. The second-order valence-corrected chi connectivity index (χ2v) is 7.64. The van der Waals surface area contributed by atoms with E-state index in [1.54, 1.807) is 0 Å². The van der Waals surface area contributed by atoms with Gasteiger partial charge in [0.15, 0.2) is 6.61 Å². The first kappa shape index (κ1) is 21.9. The number of carbonyl (C=O) groups excluding carboxylic acids is 3. The summed E-state index contributed by atoms with van der Waals surface area (Å²) >= 11 is 0. The summed E-state index contributed by atoms with van der Waals surface area (Å²) in [5.41, 5.74) is 1.93. The van der Waals surface area contributed by atoms with Gasteiger partial charge in [0, 0.05) is 13.0 Å². The number of ether oxygens (including phenoxy) is 1. The minimum absolute atomic E-state index is 0.0145. The Bertz CT molecular complexity index is 649. The summed E-state index contributed by atoms with van der Waals surface area (Å²) in [6.07, 6.45) is 7.90. The number of hydrogen-bond acceptors (Lipinski definition) is 4. The highest BCUT2D eigenvalue weighted by Gasteiger charge is 2.20. The molecule has 1 aromatic rings. The maximum atomic E-state index is 12.2. The molecule has 1 fully saturated rings. The Morgan fingerprint density at radius 2 is 1.64 bits per heavy atom. The molecule has 6 nitrogen and oxygen atoms in total. The lowest BCUT2D eigenvalue weighted by Crippen LogP contribution is -2.38. The lowest BCUT2D eigenvalue weighted by molar-refractivity contribution is -0.149. The summed E-state index contributed by atoms with van der Waals surface area (Å²) in [6, 6.07) is 7.32. The topological polar surface area (TPSA) is 84.5 Å². The molecule has 0 heterocycles. The van der Waals surface area contributed by atoms with Crippen LogP contribution in [0, 0.1) is 6.92 Å². The summed E-state index contributed by atoms with van der Waals surface area (Å²) < 4.78 is 5.16. The van der Waals surface area contributed by atoms with Gasteiger partial charge in [0.25, 0.3) is 5.91 Å². The van der Waals surface area contributed by atoms with Crippen LogP contribution in [0.5, 0.6) is 0 Å². The maximum absolute atomic E-state index is 12.2. The molecule has 28 heavy (non-hydrogen) atoms. The molecule has 0 radical (unpaired) electrons. The van der Waals surface area contributed by atoms with E-state index in [-0.39, 0.29) is 30.9 Å². The Kier molecular flexibility index (Phi) is 8.98. The molecule has 2 amide bonds. The van der Waals surface area contributed by atoms with Crippen LogP contribution in [0.15, 0.2) is 24.3 Å². The molecule has 1 aliphatic rings. The second kappa shape index (κ2) is 11.5. The third-order valence-corrected chi connectivity index (χ3v) is 5.06. The molecule has 0 aromatic heterocycles. The molecule has 1 saturated carbocycles. The first-order valence-corrected chi connectivity index (χ1v) is 10.2. The Hall–Kier alpha value is -2.37. The van der Waals surface area contributed by atoms with Crippen molar-refractivity contribution in [1.29, 1.82) is 0 Å². The number of esters is 1. The molecule has 2 rings (SSSR count). The van der Waals surface area contributed by atoms with Crippen molar-refractivity contribution in [3.63, 3.8) is 0 Å². The summed E-state index contributed by atoms with van der Waals surface area (Å²) in [5.74, 6) is -0.988. The van der Waals surface area contributed by atoms with E-state index in [1.807, 2.05) is 31.2 Å². The van der Waals surface area contributed by atoms with E-state index in [0.717, 1.165) is 36.8 Å². The third-order valence-electron chi connectivity index (χ3n) is 5.06. The van der Waals surface area contributed by atoms with Crippen molar-refractivity contribution in [3.05, 3.63) is 35.4 Å². The zero-order valence-corrected chi connectivity index (χ0v) is 17.0. The smallest absolute Gasteiger partial charge is 0.308 e. The van der Waals surface area contributed by atoms with Gasteiger partial charge in [-0.25, -0.2) is 0 Å². The summed E-state index contributed by atoms with van der Waals surface area (Å²) in [5, 5.41) is 5.75. The first-order valence-electron chi connectivity index (χ1n) is 10.2. The van der Waals surface area contributed by atoms with E-state index in [0.29, 0.717) is 0 Å². The van der Waals surface area contributed by atoms with E-state index >= 15 is 0 Å². The van der Waals surface area contributed by atoms with Crippen LogP contribution in [-0.2, 0) is 19.1 Å². The highest BCUT2D eigenvalue weighted by molar-refractivity contribution is 5.81. The van der Waals surface area contributed by atoms with Crippen molar-refractivity contribution in [2.45, 2.75) is 77.3 Å². The Labute approximate surface area is 167 Å². The fourth-order valence-electron chi connectivity index (χ4n) is 3.54. The van der Waals surface area contributed by atoms with Crippen LogP contribution in [0.2, 0.25) is 0 Å². The highest BCUT2D eigenvalue weighted by atomic mass is 16.5. The number of aryl methyl sites for hydroxylation is 1. The van der Waals surface area contributed by atoms with Gasteiger partial charge >= 0.3 is 5.97 Å². The van der Waals surface area contributed by atoms with Crippen molar-refractivity contribution < 1.29 is 19.1 Å². The quantitative estimate of drug-likeness (QED) is 0.702. The van der Waals surface area contributed by atoms with Crippen LogP contribution in [0.25, 0.3) is 0 Å². The normalized spacial score (nSPS) is 16.4. The second-order valence-electron chi connectivity index (χ2n) is 7.64. The van der Waals surface area contributed by atoms with Gasteiger partial charge in [0.2, 0.25) is 5.91 Å². The van der Waals surface area contributed by atoms with Crippen molar-refractivity contribution in [3.8, 4) is 0 Å². The van der Waals surface area contributed by atoms with Crippen molar-refractivity contribution in [2.75, 3.05) is 6.61 Å². The van der Waals surface area contributed by atoms with Gasteiger partial charge in [-0.15, -0.1) is 0 Å². The van der Waals surface area contributed by atoms with E-state index in [9.17, 15) is 14.4 Å². The average Bonchev–Trinajstić information content (AvgIpc) is 2.62. The van der Waals surface area contributed by atoms with Crippen LogP contribution in [0.3, 0.4) is 0 Å². The predicted molar refractivity (Wildman–Crippen MR) is 108 cm³/mol. The van der Waals surface area contributed by atoms with E-state index < -0.39 is 12.0 Å². The molecule has 1 unspecified atom stereocenters. The molecular weight excluding hydrogens is 356 g/mol. The van der Waals surface area contributed by atoms with Gasteiger partial charge in [0.05, 0.1) is 12.5 Å². The first-order chi connectivity index (χ1) is 13.4. The number of nitrogens with one attached hydrogen (secondary N) is 2. The molecule has 154 valence electrons. The molecular formula is C22H32N2O4. The molecule has 1 aromatic carbocycles. The van der Waals surface area contributed by atoms with E-state index in [1.165, 1.54) is 26.2 Å². The largest absolute Gasteiger partial charge is 0.456 e. The van der Waals surface area contributed by atoms with Crippen LogP contribution in [-0.4, -0.2) is 30.4 Å². The highest BCUT2D eigenvalue weighted by Crippen LogP contribution is 2.19. The Morgan fingerprint density at radius 1 is 1.04 bits per heavy atom. The Morgan fingerprint density at radius 3 is 2.25 bits per heavy atom. The molecule has 1 atom stereocenters. The van der Waals surface area contributed by atoms with Gasteiger partial charge in [-0.05, 0) is 25.3 Å². The van der Waals surface area contributed by atoms with Crippen molar-refractivity contribution >= 4 is 17.8 Å². The van der Waals surface area contributed by atoms with Crippen molar-refractivity contribution in [2.24, 2.45) is 0 Å². The lowest BCUT2D eigenvalue weighted by Gasteiger charge is -2.21. The zero-order valence-electron chi connectivity index (χ0n) is 17.0. The number of hydrogen-bond donors (Lipinski definition) is 2. The maximum Gasteiger partial charge on any atom is 0.308 e. The van der Waals surface area contributed by atoms with Gasteiger partial charge in [-0.3, -0.25) is 14.4 Å². The minimum Gasteiger partial charge on any atom is -0.456 e. The van der Waals surface area contributed by atoms with E-state index in [2.05, 4.69) is 10.6 Å². The van der Waals surface area contributed by atoms with Crippen molar-refractivity contribution in [1.82, 2.24) is 10.6 Å². The molecule has 1 aliphatic carbocycles. The summed E-state index contributed by atoms with van der Waals surface area (Å²) in [6.45, 7) is 3.10. The fourth-order valence-corrected chi connectivity index (χ4v) is 3.54. The standard InChI is InChI=1S/C22H32N2O4/c1-16-10-12-18(13-11-16)20(23-17(2)25)14-22(27)28-15-21(26)24-19-8-6-4-3-5-7-9-19/h10-13,19-20H,3-9,14-15H2,1-2H3,(H,23,25)(H,24,26). The summed E-state index contributed by atoms with van der Waals surface area (Å²) in [7, 11) is 0. The molecule has 0 aliphatic heterocycles.